The number of fused-ring (bicyclic) bond motifs is 2. The van der Waals surface area contributed by atoms with Crippen LogP contribution in [0.4, 0.5) is 0 Å². The van der Waals surface area contributed by atoms with Crippen LogP contribution in [0.2, 0.25) is 0 Å². The summed E-state index contributed by atoms with van der Waals surface area (Å²) >= 11 is 0. The average molecular weight is 476 g/mol. The Morgan fingerprint density at radius 2 is 2.06 bits per heavy atom. The Morgan fingerprint density at radius 1 is 1.26 bits per heavy atom. The quantitative estimate of drug-likeness (QED) is 0.475. The maximum absolute atomic E-state index is 12.6. The monoisotopic (exact) mass is 475 g/mol. The summed E-state index contributed by atoms with van der Waals surface area (Å²) in [4.78, 5) is 29.5. The number of nitrogens with one attached hydrogen (secondary N) is 1. The van der Waals surface area contributed by atoms with Crippen LogP contribution in [0.25, 0.3) is 27.9 Å². The van der Waals surface area contributed by atoms with Gasteiger partial charge in [-0.25, -0.2) is 14.5 Å². The fraction of sp³-hybridized carbons (Fsp3) is 0.462. The highest BCUT2D eigenvalue weighted by molar-refractivity contribution is 5.89. The van der Waals surface area contributed by atoms with Gasteiger partial charge < -0.3 is 19.5 Å². The molecule has 1 aliphatic heterocycles. The van der Waals surface area contributed by atoms with Crippen LogP contribution in [0.15, 0.2) is 24.7 Å². The van der Waals surface area contributed by atoms with Gasteiger partial charge in [0.15, 0.2) is 5.65 Å². The van der Waals surface area contributed by atoms with Crippen molar-refractivity contribution in [2.45, 2.75) is 39.7 Å². The van der Waals surface area contributed by atoms with Crippen LogP contribution in [-0.4, -0.2) is 80.6 Å². The molecule has 0 bridgehead atoms. The first-order chi connectivity index (χ1) is 16.7. The maximum Gasteiger partial charge on any atom is 0.236 e. The van der Waals surface area contributed by atoms with E-state index < -0.39 is 0 Å². The minimum absolute atomic E-state index is 0.116. The lowest BCUT2D eigenvalue weighted by Crippen LogP contribution is -2.45. The molecule has 0 aromatic carbocycles. The Labute approximate surface area is 205 Å². The van der Waals surface area contributed by atoms with Gasteiger partial charge in [0.1, 0.15) is 12.4 Å². The van der Waals surface area contributed by atoms with E-state index in [1.807, 2.05) is 40.7 Å². The molecule has 0 saturated carbocycles. The molecular weight excluding hydrogens is 442 g/mol. The van der Waals surface area contributed by atoms with E-state index in [0.29, 0.717) is 26.2 Å². The Morgan fingerprint density at radius 3 is 2.80 bits per heavy atom. The third-order valence-corrected chi connectivity index (χ3v) is 6.87. The number of hydrogen-bond acceptors (Lipinski definition) is 6. The van der Waals surface area contributed by atoms with Crippen molar-refractivity contribution in [2.24, 2.45) is 0 Å². The number of likely N-dealkylation sites (N-methyl/N-ethyl adjacent to an activating group) is 1. The summed E-state index contributed by atoms with van der Waals surface area (Å²) in [6.45, 7) is 10.6. The first-order valence-corrected chi connectivity index (χ1v) is 12.1. The summed E-state index contributed by atoms with van der Waals surface area (Å²) in [5, 5.41) is 4.37. The Bertz CT molecular complexity index is 1400. The number of aryl methyl sites for hydroxylation is 1. The molecule has 1 fully saturated rings. The first kappa shape index (κ1) is 23.4. The SMILES string of the molecule is Cc1c(-c2[nH]c3ccc(C4CN(C(=O)CN(C)C)CCO4)nc3c2C(C)C)cn2ncnc2c1C. The number of ether oxygens (including phenoxy) is 1. The third kappa shape index (κ3) is 4.19. The topological polar surface area (TPSA) is 91.7 Å². The van der Waals surface area contributed by atoms with E-state index in [1.165, 1.54) is 11.1 Å². The molecule has 0 aliphatic carbocycles. The predicted molar refractivity (Wildman–Crippen MR) is 135 cm³/mol. The van der Waals surface area contributed by atoms with Gasteiger partial charge in [0.05, 0.1) is 42.1 Å². The number of aromatic nitrogens is 5. The number of morpholine rings is 1. The van der Waals surface area contributed by atoms with Gasteiger partial charge in [0, 0.05) is 23.9 Å². The molecule has 9 heteroatoms. The van der Waals surface area contributed by atoms with E-state index in [1.54, 1.807) is 6.33 Å². The summed E-state index contributed by atoms with van der Waals surface area (Å²) in [5.41, 5.74) is 9.26. The van der Waals surface area contributed by atoms with Crippen molar-refractivity contribution >= 4 is 22.6 Å². The van der Waals surface area contributed by atoms with Gasteiger partial charge in [-0.3, -0.25) is 4.79 Å². The Hall–Kier alpha value is -3.30. The third-order valence-electron chi connectivity index (χ3n) is 6.87. The fourth-order valence-electron chi connectivity index (χ4n) is 4.93. The molecule has 1 N–H and O–H groups in total. The molecule has 0 spiro atoms. The van der Waals surface area contributed by atoms with Crippen LogP contribution in [0, 0.1) is 13.8 Å². The van der Waals surface area contributed by atoms with Crippen molar-refractivity contribution in [1.82, 2.24) is 34.4 Å². The van der Waals surface area contributed by atoms with Crippen molar-refractivity contribution < 1.29 is 9.53 Å². The van der Waals surface area contributed by atoms with Crippen molar-refractivity contribution in [2.75, 3.05) is 40.3 Å². The van der Waals surface area contributed by atoms with Crippen molar-refractivity contribution in [1.29, 1.82) is 0 Å². The number of carbonyl (C=O) groups is 1. The molecular formula is C26H33N7O2. The number of rotatable bonds is 5. The van der Waals surface area contributed by atoms with E-state index in [9.17, 15) is 4.79 Å². The lowest BCUT2D eigenvalue weighted by Gasteiger charge is -2.33. The number of pyridine rings is 2. The number of carbonyl (C=O) groups excluding carboxylic acids is 1. The van der Waals surface area contributed by atoms with Crippen LogP contribution in [-0.2, 0) is 9.53 Å². The van der Waals surface area contributed by atoms with Gasteiger partial charge in [0.25, 0.3) is 0 Å². The largest absolute Gasteiger partial charge is 0.368 e. The summed E-state index contributed by atoms with van der Waals surface area (Å²) < 4.78 is 7.90. The molecule has 1 amide bonds. The molecule has 4 aromatic heterocycles. The molecule has 9 nitrogen and oxygen atoms in total. The van der Waals surface area contributed by atoms with E-state index in [4.69, 9.17) is 9.72 Å². The maximum atomic E-state index is 12.6. The zero-order valence-electron chi connectivity index (χ0n) is 21.3. The van der Waals surface area contributed by atoms with Crippen LogP contribution >= 0.6 is 0 Å². The second-order valence-electron chi connectivity index (χ2n) is 9.96. The molecule has 35 heavy (non-hydrogen) atoms. The van der Waals surface area contributed by atoms with E-state index >= 15 is 0 Å². The molecule has 1 atom stereocenters. The highest BCUT2D eigenvalue weighted by atomic mass is 16.5. The number of aromatic amines is 1. The number of hydrogen-bond donors (Lipinski definition) is 1. The Balaban J connectivity index is 1.56. The Kier molecular flexibility index (Phi) is 6.06. The van der Waals surface area contributed by atoms with Crippen molar-refractivity contribution in [3.05, 3.63) is 47.0 Å². The van der Waals surface area contributed by atoms with Gasteiger partial charge in [-0.05, 0) is 57.1 Å². The molecule has 0 radical (unpaired) electrons. The number of nitrogens with zero attached hydrogens (tertiary/aromatic N) is 6. The lowest BCUT2D eigenvalue weighted by molar-refractivity contribution is -0.139. The summed E-state index contributed by atoms with van der Waals surface area (Å²) in [5.74, 6) is 0.364. The first-order valence-electron chi connectivity index (χ1n) is 12.1. The number of H-pyrrole nitrogens is 1. The second-order valence-corrected chi connectivity index (χ2v) is 9.96. The van der Waals surface area contributed by atoms with Crippen LogP contribution in [0.3, 0.4) is 0 Å². The van der Waals surface area contributed by atoms with Crippen LogP contribution < -0.4 is 0 Å². The minimum atomic E-state index is -0.242. The molecule has 1 saturated heterocycles. The average Bonchev–Trinajstić information content (AvgIpc) is 3.45. The smallest absolute Gasteiger partial charge is 0.236 e. The molecule has 1 unspecified atom stereocenters. The summed E-state index contributed by atoms with van der Waals surface area (Å²) in [6.07, 6.45) is 3.39. The molecule has 5 rings (SSSR count). The van der Waals surface area contributed by atoms with Gasteiger partial charge >= 0.3 is 0 Å². The van der Waals surface area contributed by atoms with Gasteiger partial charge in [0.2, 0.25) is 5.91 Å². The second kappa shape index (κ2) is 9.05. The number of amides is 1. The van der Waals surface area contributed by atoms with Crippen molar-refractivity contribution in [3.63, 3.8) is 0 Å². The highest BCUT2D eigenvalue weighted by Gasteiger charge is 2.28. The van der Waals surface area contributed by atoms with Gasteiger partial charge in [-0.1, -0.05) is 13.8 Å². The zero-order chi connectivity index (χ0) is 24.9. The van der Waals surface area contributed by atoms with E-state index in [0.717, 1.165) is 39.2 Å². The van der Waals surface area contributed by atoms with Gasteiger partial charge in [-0.2, -0.15) is 5.10 Å². The highest BCUT2D eigenvalue weighted by Crippen LogP contribution is 2.38. The molecule has 4 aromatic rings. The normalized spacial score (nSPS) is 16.8. The fourth-order valence-corrected chi connectivity index (χ4v) is 4.93. The summed E-state index contributed by atoms with van der Waals surface area (Å²) in [7, 11) is 3.82. The van der Waals surface area contributed by atoms with Crippen LogP contribution in [0.5, 0.6) is 0 Å². The zero-order valence-corrected chi connectivity index (χ0v) is 21.3. The predicted octanol–water partition coefficient (Wildman–Crippen LogP) is 3.47. The van der Waals surface area contributed by atoms with E-state index in [2.05, 4.69) is 48.8 Å². The minimum Gasteiger partial charge on any atom is -0.368 e. The standard InChI is InChI=1S/C26H33N7O2/c1-15(2)23-24(18-11-33-26(27-14-28-33)17(4)16(18)3)30-20-8-7-19(29-25(20)23)21-12-32(9-10-35-21)22(34)13-31(5)6/h7-8,11,14-15,21,30H,9-10,12-13H2,1-6H3. The molecule has 5 heterocycles. The van der Waals surface area contributed by atoms with Gasteiger partial charge in [-0.15, -0.1) is 0 Å². The van der Waals surface area contributed by atoms with Crippen LogP contribution in [0.1, 0.15) is 48.3 Å². The molecule has 1 aliphatic rings. The van der Waals surface area contributed by atoms with E-state index in [-0.39, 0.29) is 17.9 Å². The van der Waals surface area contributed by atoms with Crippen molar-refractivity contribution in [3.8, 4) is 11.3 Å². The molecule has 184 valence electrons. The lowest BCUT2D eigenvalue weighted by atomic mass is 9.95. The summed E-state index contributed by atoms with van der Waals surface area (Å²) in [6, 6.07) is 4.09.